The maximum absolute atomic E-state index is 12.8. The molecule has 1 rings (SSSR count). The SMILES string of the molecule is C=CCN(CC=C)Cc1cnc(S(=O)(=O)CC(C)(C)C)n1CCOC. The highest BCUT2D eigenvalue weighted by molar-refractivity contribution is 7.91. The van der Waals surface area contributed by atoms with Crippen LogP contribution in [0.15, 0.2) is 36.7 Å². The highest BCUT2D eigenvalue weighted by Crippen LogP contribution is 2.22. The molecule has 1 aromatic rings. The summed E-state index contributed by atoms with van der Waals surface area (Å²) in [6.07, 6.45) is 5.28. The Morgan fingerprint density at radius 1 is 1.28 bits per heavy atom. The van der Waals surface area contributed by atoms with Gasteiger partial charge in [0, 0.05) is 33.3 Å². The maximum Gasteiger partial charge on any atom is 0.227 e. The lowest BCUT2D eigenvalue weighted by atomic mass is 10.0. The number of nitrogens with zero attached hydrogens (tertiary/aromatic N) is 3. The highest BCUT2D eigenvalue weighted by atomic mass is 32.2. The Labute approximate surface area is 152 Å². The van der Waals surface area contributed by atoms with Crippen molar-refractivity contribution in [1.82, 2.24) is 14.5 Å². The second kappa shape index (κ2) is 9.31. The zero-order valence-electron chi connectivity index (χ0n) is 15.9. The van der Waals surface area contributed by atoms with Gasteiger partial charge in [-0.15, -0.1) is 13.2 Å². The first-order valence-corrected chi connectivity index (χ1v) is 10.00. The fraction of sp³-hybridized carbons (Fsp3) is 0.611. The molecule has 1 heterocycles. The van der Waals surface area contributed by atoms with E-state index in [4.69, 9.17) is 4.74 Å². The molecule has 0 aromatic carbocycles. The first kappa shape index (κ1) is 21.6. The molecule has 0 spiro atoms. The molecule has 0 amide bonds. The van der Waals surface area contributed by atoms with Gasteiger partial charge in [-0.25, -0.2) is 13.4 Å². The van der Waals surface area contributed by atoms with Gasteiger partial charge in [-0.2, -0.15) is 0 Å². The van der Waals surface area contributed by atoms with Gasteiger partial charge in [0.1, 0.15) is 0 Å². The Bertz CT molecular complexity index is 662. The van der Waals surface area contributed by atoms with E-state index < -0.39 is 9.84 Å². The monoisotopic (exact) mass is 369 g/mol. The van der Waals surface area contributed by atoms with Crippen molar-refractivity contribution in [3.8, 4) is 0 Å². The summed E-state index contributed by atoms with van der Waals surface area (Å²) in [7, 11) is -1.88. The number of rotatable bonds is 11. The fourth-order valence-corrected chi connectivity index (χ4v) is 4.65. The minimum atomic E-state index is -3.48. The Morgan fingerprint density at radius 2 is 1.88 bits per heavy atom. The largest absolute Gasteiger partial charge is 0.383 e. The van der Waals surface area contributed by atoms with E-state index >= 15 is 0 Å². The topological polar surface area (TPSA) is 64.4 Å². The van der Waals surface area contributed by atoms with Crippen LogP contribution in [0.4, 0.5) is 0 Å². The van der Waals surface area contributed by atoms with Crippen molar-refractivity contribution in [2.45, 2.75) is 39.0 Å². The summed E-state index contributed by atoms with van der Waals surface area (Å²) in [5, 5.41) is 0.117. The van der Waals surface area contributed by atoms with Gasteiger partial charge in [0.15, 0.2) is 0 Å². The van der Waals surface area contributed by atoms with Crippen molar-refractivity contribution in [3.05, 3.63) is 37.2 Å². The standard InChI is InChI=1S/C18H31N3O3S/c1-7-9-20(10-8-2)14-16-13-19-17(21(16)11-12-24-6)25(22,23)15-18(3,4)5/h7-8,13H,1-2,9-12,14-15H2,3-6H3. The van der Waals surface area contributed by atoms with Crippen LogP contribution >= 0.6 is 0 Å². The van der Waals surface area contributed by atoms with Gasteiger partial charge in [0.25, 0.3) is 0 Å². The smallest absolute Gasteiger partial charge is 0.227 e. The molecule has 0 saturated heterocycles. The highest BCUT2D eigenvalue weighted by Gasteiger charge is 2.29. The lowest BCUT2D eigenvalue weighted by Gasteiger charge is -2.21. The average molecular weight is 370 g/mol. The van der Waals surface area contributed by atoms with Crippen LogP contribution in [-0.4, -0.2) is 55.4 Å². The number of sulfone groups is 1. The van der Waals surface area contributed by atoms with Crippen molar-refractivity contribution >= 4 is 9.84 Å². The van der Waals surface area contributed by atoms with Crippen LogP contribution in [0.3, 0.4) is 0 Å². The molecule has 0 N–H and O–H groups in total. The van der Waals surface area contributed by atoms with Crippen molar-refractivity contribution in [1.29, 1.82) is 0 Å². The van der Waals surface area contributed by atoms with Crippen LogP contribution in [0, 0.1) is 5.41 Å². The zero-order valence-corrected chi connectivity index (χ0v) is 16.7. The van der Waals surface area contributed by atoms with E-state index in [0.29, 0.717) is 32.8 Å². The van der Waals surface area contributed by atoms with Gasteiger partial charge in [-0.05, 0) is 5.41 Å². The predicted molar refractivity (Wildman–Crippen MR) is 101 cm³/mol. The zero-order chi connectivity index (χ0) is 19.1. The lowest BCUT2D eigenvalue weighted by Crippen LogP contribution is -2.27. The molecule has 0 radical (unpaired) electrons. The Kier molecular flexibility index (Phi) is 8.05. The first-order valence-electron chi connectivity index (χ1n) is 8.35. The summed E-state index contributed by atoms with van der Waals surface area (Å²) in [5.74, 6) is 0.0481. The van der Waals surface area contributed by atoms with Crippen LogP contribution in [0.1, 0.15) is 26.5 Å². The summed E-state index contributed by atoms with van der Waals surface area (Å²) in [6, 6.07) is 0. The summed E-state index contributed by atoms with van der Waals surface area (Å²) >= 11 is 0. The molecule has 6 nitrogen and oxygen atoms in total. The first-order chi connectivity index (χ1) is 11.6. The van der Waals surface area contributed by atoms with Gasteiger partial charge in [-0.1, -0.05) is 32.9 Å². The molecule has 0 aliphatic carbocycles. The Morgan fingerprint density at radius 3 is 2.36 bits per heavy atom. The predicted octanol–water partition coefficient (Wildman–Crippen LogP) is 2.52. The Balaban J connectivity index is 3.21. The molecule has 0 saturated carbocycles. The van der Waals surface area contributed by atoms with Crippen LogP contribution in [0.25, 0.3) is 0 Å². The molecule has 0 aliphatic heterocycles. The molecule has 7 heteroatoms. The third-order valence-corrected chi connectivity index (χ3v) is 5.61. The summed E-state index contributed by atoms with van der Waals surface area (Å²) in [4.78, 5) is 6.35. The molecular formula is C18H31N3O3S. The summed E-state index contributed by atoms with van der Waals surface area (Å²) in [6.45, 7) is 16.1. The van der Waals surface area contributed by atoms with Gasteiger partial charge < -0.3 is 9.30 Å². The normalized spacial score (nSPS) is 12.5. The van der Waals surface area contributed by atoms with Crippen LogP contribution < -0.4 is 0 Å². The van der Waals surface area contributed by atoms with E-state index in [9.17, 15) is 8.42 Å². The van der Waals surface area contributed by atoms with E-state index in [2.05, 4.69) is 23.0 Å². The second-order valence-electron chi connectivity index (χ2n) is 7.27. The molecule has 142 valence electrons. The van der Waals surface area contributed by atoms with Crippen LogP contribution in [0.2, 0.25) is 0 Å². The molecule has 25 heavy (non-hydrogen) atoms. The Hall–Kier alpha value is -1.44. The van der Waals surface area contributed by atoms with E-state index in [1.807, 2.05) is 32.9 Å². The second-order valence-corrected chi connectivity index (χ2v) is 9.15. The minimum absolute atomic E-state index is 0.0481. The maximum atomic E-state index is 12.8. The number of imidazole rings is 1. The van der Waals surface area contributed by atoms with E-state index in [0.717, 1.165) is 5.69 Å². The lowest BCUT2D eigenvalue weighted by molar-refractivity contribution is 0.182. The molecule has 0 bridgehead atoms. The van der Waals surface area contributed by atoms with Crippen molar-refractivity contribution in [2.75, 3.05) is 32.6 Å². The minimum Gasteiger partial charge on any atom is -0.383 e. The van der Waals surface area contributed by atoms with E-state index in [1.54, 1.807) is 17.9 Å². The number of methoxy groups -OCH3 is 1. The van der Waals surface area contributed by atoms with Crippen LogP contribution in [-0.2, 0) is 27.7 Å². The van der Waals surface area contributed by atoms with Crippen molar-refractivity contribution in [2.24, 2.45) is 5.41 Å². The third kappa shape index (κ3) is 6.76. The number of hydrogen-bond donors (Lipinski definition) is 0. The molecule has 0 unspecified atom stereocenters. The van der Waals surface area contributed by atoms with Crippen molar-refractivity contribution in [3.63, 3.8) is 0 Å². The van der Waals surface area contributed by atoms with Crippen molar-refractivity contribution < 1.29 is 13.2 Å². The number of hydrogen-bond acceptors (Lipinski definition) is 5. The van der Waals surface area contributed by atoms with Gasteiger partial charge in [-0.3, -0.25) is 4.90 Å². The molecule has 1 aromatic heterocycles. The number of aromatic nitrogens is 2. The average Bonchev–Trinajstić information content (AvgIpc) is 2.87. The van der Waals surface area contributed by atoms with Gasteiger partial charge >= 0.3 is 0 Å². The van der Waals surface area contributed by atoms with Crippen LogP contribution in [0.5, 0.6) is 0 Å². The van der Waals surface area contributed by atoms with Gasteiger partial charge in [0.2, 0.25) is 15.0 Å². The third-order valence-electron chi connectivity index (χ3n) is 3.48. The molecular weight excluding hydrogens is 338 g/mol. The van der Waals surface area contributed by atoms with E-state index in [-0.39, 0.29) is 16.3 Å². The quantitative estimate of drug-likeness (QED) is 0.561. The molecule has 0 atom stereocenters. The molecule has 0 fully saturated rings. The fourth-order valence-electron chi connectivity index (χ4n) is 2.62. The number of ether oxygens (including phenoxy) is 1. The van der Waals surface area contributed by atoms with Gasteiger partial charge in [0.05, 0.1) is 24.3 Å². The van der Waals surface area contributed by atoms with E-state index in [1.165, 1.54) is 0 Å². The summed E-state index contributed by atoms with van der Waals surface area (Å²) in [5.41, 5.74) is 0.502. The molecule has 0 aliphatic rings. The summed E-state index contributed by atoms with van der Waals surface area (Å²) < 4.78 is 32.5.